The zero-order valence-corrected chi connectivity index (χ0v) is 26.0. The van der Waals surface area contributed by atoms with Crippen molar-refractivity contribution in [3.63, 3.8) is 0 Å². The molecular formula is C31H48N2O10. The minimum atomic E-state index is -1.87. The molecular weight excluding hydrogens is 560 g/mol. The van der Waals surface area contributed by atoms with Crippen molar-refractivity contribution < 1.29 is 49.1 Å². The van der Waals surface area contributed by atoms with E-state index in [2.05, 4.69) is 31.4 Å². The maximum Gasteiger partial charge on any atom is 0.335 e. The lowest BCUT2D eigenvalue weighted by Crippen LogP contribution is -2.61. The number of anilines is 1. The first-order chi connectivity index (χ1) is 19.9. The number of rotatable bonds is 14. The fraction of sp³-hybridized carbons (Fsp3) is 0.677. The Labute approximate surface area is 253 Å². The van der Waals surface area contributed by atoms with Crippen molar-refractivity contribution in [1.29, 1.82) is 0 Å². The molecule has 0 aromatic heterocycles. The number of Topliss-reactive ketones (excluding diaryl/α,β-unsaturated/α-hetero) is 1. The molecule has 0 aliphatic carbocycles. The summed E-state index contributed by atoms with van der Waals surface area (Å²) in [6, 6.07) is 4.98. The Balaban J connectivity index is 1.98. The fourth-order valence-corrected chi connectivity index (χ4v) is 4.51. The number of amides is 2. The second-order valence-corrected chi connectivity index (χ2v) is 13.3. The summed E-state index contributed by atoms with van der Waals surface area (Å²) >= 11 is 0. The van der Waals surface area contributed by atoms with E-state index in [1.54, 1.807) is 12.1 Å². The molecule has 5 atom stereocenters. The summed E-state index contributed by atoms with van der Waals surface area (Å²) in [5.41, 5.74) is 0.662. The van der Waals surface area contributed by atoms with Crippen molar-refractivity contribution in [3.8, 4) is 5.75 Å². The molecule has 43 heavy (non-hydrogen) atoms. The van der Waals surface area contributed by atoms with E-state index in [1.165, 1.54) is 6.07 Å². The highest BCUT2D eigenvalue weighted by molar-refractivity contribution is 5.92. The van der Waals surface area contributed by atoms with Gasteiger partial charge in [-0.2, -0.15) is 0 Å². The summed E-state index contributed by atoms with van der Waals surface area (Å²) in [6.45, 7) is 11.9. The summed E-state index contributed by atoms with van der Waals surface area (Å²) in [5.74, 6) is -1.91. The third-order valence-electron chi connectivity index (χ3n) is 6.93. The monoisotopic (exact) mass is 608 g/mol. The average molecular weight is 609 g/mol. The van der Waals surface area contributed by atoms with Gasteiger partial charge in [-0.3, -0.25) is 14.4 Å². The van der Waals surface area contributed by atoms with Gasteiger partial charge >= 0.3 is 5.97 Å². The van der Waals surface area contributed by atoms with E-state index in [9.17, 15) is 39.6 Å². The minimum Gasteiger partial charge on any atom is -0.479 e. The summed E-state index contributed by atoms with van der Waals surface area (Å²) in [5, 5.41) is 45.2. The van der Waals surface area contributed by atoms with E-state index in [4.69, 9.17) is 9.47 Å². The van der Waals surface area contributed by atoms with Crippen LogP contribution in [0.3, 0.4) is 0 Å². The number of nitrogens with one attached hydrogen (secondary N) is 2. The quantitative estimate of drug-likeness (QED) is 0.171. The number of carboxylic acids is 1. The number of aliphatic carboxylic acids is 1. The van der Waals surface area contributed by atoms with Gasteiger partial charge in [0.15, 0.2) is 6.10 Å². The lowest BCUT2D eigenvalue weighted by Gasteiger charge is -2.38. The first-order valence-electron chi connectivity index (χ1n) is 14.7. The van der Waals surface area contributed by atoms with E-state index < -0.39 is 42.6 Å². The number of carboxylic acid groups (broad SMARTS) is 1. The molecule has 2 rings (SSSR count). The number of hydrogen-bond acceptors (Lipinski definition) is 9. The normalized spacial score (nSPS) is 22.5. The van der Waals surface area contributed by atoms with Gasteiger partial charge in [-0.1, -0.05) is 54.0 Å². The zero-order chi connectivity index (χ0) is 32.5. The third-order valence-corrected chi connectivity index (χ3v) is 6.93. The highest BCUT2D eigenvalue weighted by atomic mass is 16.7. The van der Waals surface area contributed by atoms with Crippen molar-refractivity contribution in [3.05, 3.63) is 23.8 Å². The summed E-state index contributed by atoms with van der Waals surface area (Å²) in [6.07, 6.45) is -5.43. The summed E-state index contributed by atoms with van der Waals surface area (Å²) < 4.78 is 10.9. The fourth-order valence-electron chi connectivity index (χ4n) is 4.51. The van der Waals surface area contributed by atoms with Crippen LogP contribution in [0.25, 0.3) is 0 Å². The highest BCUT2D eigenvalue weighted by Gasteiger charge is 2.48. The van der Waals surface area contributed by atoms with Gasteiger partial charge < -0.3 is 40.5 Å². The van der Waals surface area contributed by atoms with Crippen LogP contribution in [0.5, 0.6) is 5.75 Å². The van der Waals surface area contributed by atoms with Gasteiger partial charge in [0.25, 0.3) is 0 Å². The van der Waals surface area contributed by atoms with Crippen LogP contribution in [0.2, 0.25) is 0 Å². The Morgan fingerprint density at radius 3 is 2.12 bits per heavy atom. The first-order valence-corrected chi connectivity index (χ1v) is 14.7. The Morgan fingerprint density at radius 1 is 0.860 bits per heavy atom. The Kier molecular flexibility index (Phi) is 13.1. The largest absolute Gasteiger partial charge is 0.479 e. The molecule has 1 aromatic carbocycles. The SMILES string of the molecule is CC(C)(C)Cc1ccc(O[C@@H]2O[C@H](C(=O)O)[C@@H](O)[C@H](O)[C@H]2O)c(NC(=O)CCNC(=O)CCCCCC(=O)C(C)(C)C)c1. The second-order valence-electron chi connectivity index (χ2n) is 13.3. The molecule has 2 amide bonds. The van der Waals surface area contributed by atoms with Crippen LogP contribution in [-0.2, 0) is 30.3 Å². The van der Waals surface area contributed by atoms with Gasteiger partial charge in [0.05, 0.1) is 5.69 Å². The molecule has 1 heterocycles. The molecule has 1 aliphatic heterocycles. The third kappa shape index (κ3) is 11.9. The van der Waals surface area contributed by atoms with Gasteiger partial charge in [0, 0.05) is 31.2 Å². The molecule has 12 nitrogen and oxygen atoms in total. The van der Waals surface area contributed by atoms with E-state index in [-0.39, 0.29) is 46.9 Å². The second kappa shape index (κ2) is 15.6. The molecule has 242 valence electrons. The van der Waals surface area contributed by atoms with E-state index in [0.29, 0.717) is 25.7 Å². The molecule has 6 N–H and O–H groups in total. The number of aliphatic hydroxyl groups excluding tert-OH is 3. The number of hydrogen-bond donors (Lipinski definition) is 6. The van der Waals surface area contributed by atoms with Crippen LogP contribution >= 0.6 is 0 Å². The van der Waals surface area contributed by atoms with E-state index >= 15 is 0 Å². The lowest BCUT2D eigenvalue weighted by atomic mass is 9.88. The minimum absolute atomic E-state index is 0.0384. The van der Waals surface area contributed by atoms with Crippen molar-refractivity contribution in [2.45, 2.75) is 117 Å². The van der Waals surface area contributed by atoms with Crippen molar-refractivity contribution in [2.75, 3.05) is 11.9 Å². The molecule has 0 radical (unpaired) electrons. The number of ketones is 1. The van der Waals surface area contributed by atoms with Crippen LogP contribution in [-0.4, -0.2) is 81.2 Å². The average Bonchev–Trinajstić information content (AvgIpc) is 2.88. The van der Waals surface area contributed by atoms with Crippen LogP contribution in [0.4, 0.5) is 5.69 Å². The predicted octanol–water partition coefficient (Wildman–Crippen LogP) is 2.56. The Hall–Kier alpha value is -3.06. The van der Waals surface area contributed by atoms with Crippen molar-refractivity contribution >= 4 is 29.3 Å². The molecule has 1 aliphatic rings. The van der Waals surface area contributed by atoms with E-state index in [0.717, 1.165) is 18.4 Å². The Bertz CT molecular complexity index is 1120. The first kappa shape index (κ1) is 36.1. The molecule has 1 fully saturated rings. The number of aliphatic hydroxyl groups is 3. The molecule has 0 saturated carbocycles. The van der Waals surface area contributed by atoms with Crippen LogP contribution < -0.4 is 15.4 Å². The van der Waals surface area contributed by atoms with Crippen LogP contribution in [0.15, 0.2) is 18.2 Å². The van der Waals surface area contributed by atoms with Gasteiger partial charge in [0.1, 0.15) is 29.8 Å². The molecule has 0 bridgehead atoms. The number of unbranched alkanes of at least 4 members (excludes halogenated alkanes) is 2. The number of carbonyl (C=O) groups excluding carboxylic acids is 3. The van der Waals surface area contributed by atoms with Gasteiger partial charge in [0.2, 0.25) is 18.1 Å². The van der Waals surface area contributed by atoms with Gasteiger partial charge in [-0.25, -0.2) is 4.79 Å². The van der Waals surface area contributed by atoms with Crippen LogP contribution in [0, 0.1) is 10.8 Å². The smallest absolute Gasteiger partial charge is 0.335 e. The summed E-state index contributed by atoms with van der Waals surface area (Å²) in [4.78, 5) is 48.5. The summed E-state index contributed by atoms with van der Waals surface area (Å²) in [7, 11) is 0. The molecule has 1 saturated heterocycles. The van der Waals surface area contributed by atoms with E-state index in [1.807, 2.05) is 20.8 Å². The maximum absolute atomic E-state index is 12.8. The highest BCUT2D eigenvalue weighted by Crippen LogP contribution is 2.32. The molecule has 0 spiro atoms. The van der Waals surface area contributed by atoms with Crippen molar-refractivity contribution in [1.82, 2.24) is 5.32 Å². The zero-order valence-electron chi connectivity index (χ0n) is 26.0. The maximum atomic E-state index is 12.8. The standard InChI is InChI=1S/C31H48N2O10/c1-30(2,3)17-18-12-13-20(42-29-26(39)24(37)25(38)27(43-29)28(40)41)19(16-18)33-23(36)14-15-32-22(35)11-9-7-8-10-21(34)31(4,5)6/h12-13,16,24-27,29,37-39H,7-11,14-15,17H2,1-6H3,(H,32,35)(H,33,36)(H,40,41)/t24-,25-,26+,27-,29+/m0/s1. The number of benzene rings is 1. The molecule has 1 aromatic rings. The van der Waals surface area contributed by atoms with Crippen LogP contribution in [0.1, 0.15) is 85.6 Å². The van der Waals surface area contributed by atoms with Gasteiger partial charge in [-0.05, 0) is 42.4 Å². The topological polar surface area (TPSA) is 192 Å². The Morgan fingerprint density at radius 2 is 1.51 bits per heavy atom. The predicted molar refractivity (Wildman–Crippen MR) is 158 cm³/mol. The molecule has 0 unspecified atom stereocenters. The van der Waals surface area contributed by atoms with Gasteiger partial charge in [-0.15, -0.1) is 0 Å². The number of ether oxygens (including phenoxy) is 2. The lowest BCUT2D eigenvalue weighted by molar-refractivity contribution is -0.271. The number of carbonyl (C=O) groups is 4. The van der Waals surface area contributed by atoms with Crippen molar-refractivity contribution in [2.24, 2.45) is 10.8 Å². The molecule has 12 heteroatoms.